The summed E-state index contributed by atoms with van der Waals surface area (Å²) in [6.07, 6.45) is 0. The molecule has 0 fully saturated rings. The number of rotatable bonds is 5. The van der Waals surface area contributed by atoms with Gasteiger partial charge in [0.15, 0.2) is 5.78 Å². The van der Waals surface area contributed by atoms with E-state index in [2.05, 4.69) is 0 Å². The summed E-state index contributed by atoms with van der Waals surface area (Å²) in [5.41, 5.74) is 2.21. The number of Topliss-reactive ketones (excluding diaryl/α,β-unsaturated/α-hetero) is 1. The Bertz CT molecular complexity index is 1100. The molecule has 0 saturated carbocycles. The van der Waals surface area contributed by atoms with Crippen LogP contribution in [-0.4, -0.2) is 17.4 Å². The average Bonchev–Trinajstić information content (AvgIpc) is 2.73. The van der Waals surface area contributed by atoms with Crippen LogP contribution in [0.5, 0.6) is 11.5 Å². The van der Waals surface area contributed by atoms with Gasteiger partial charge in [0.25, 0.3) is 0 Å². The first kappa shape index (κ1) is 23.3. The van der Waals surface area contributed by atoms with Crippen LogP contribution in [0.1, 0.15) is 62.3 Å². The van der Waals surface area contributed by atoms with Crippen molar-refractivity contribution in [1.29, 1.82) is 0 Å². The van der Waals surface area contributed by atoms with E-state index in [4.69, 9.17) is 9.47 Å². The fourth-order valence-electron chi connectivity index (χ4n) is 3.17. The smallest absolute Gasteiger partial charge is 0.343 e. The predicted octanol–water partition coefficient (Wildman–Crippen LogP) is 6.98. The summed E-state index contributed by atoms with van der Waals surface area (Å²) in [5.74, 6) is 0.829. The van der Waals surface area contributed by atoms with Crippen LogP contribution < -0.4 is 9.47 Å². The number of hydrogen-bond donors (Lipinski definition) is 0. The molecule has 3 rings (SSSR count). The summed E-state index contributed by atoms with van der Waals surface area (Å²) in [7, 11) is 0. The zero-order valence-electron chi connectivity index (χ0n) is 19.6. The zero-order chi connectivity index (χ0) is 23.5. The Morgan fingerprint density at radius 3 is 1.81 bits per heavy atom. The first-order valence-electron chi connectivity index (χ1n) is 10.7. The molecule has 3 aromatic carbocycles. The molecule has 0 aliphatic carbocycles. The minimum Gasteiger partial charge on any atom is -0.488 e. The van der Waals surface area contributed by atoms with Gasteiger partial charge in [0.05, 0.1) is 5.56 Å². The SMILES string of the molecule is CC(C)(C)Oc1ccc(OC(=O)c2cccc(-c3ccc(C(=O)C(C)(C)C)cc3)c2)cc1. The Kier molecular flexibility index (Phi) is 6.54. The van der Waals surface area contributed by atoms with Gasteiger partial charge in [-0.2, -0.15) is 0 Å². The third-order valence-electron chi connectivity index (χ3n) is 4.72. The lowest BCUT2D eigenvalue weighted by molar-refractivity contribution is 0.0733. The van der Waals surface area contributed by atoms with Gasteiger partial charge in [-0.3, -0.25) is 4.79 Å². The fourth-order valence-corrected chi connectivity index (χ4v) is 3.17. The molecule has 0 bridgehead atoms. The molecule has 0 radical (unpaired) electrons. The first-order valence-corrected chi connectivity index (χ1v) is 10.7. The van der Waals surface area contributed by atoms with Crippen molar-refractivity contribution < 1.29 is 19.1 Å². The van der Waals surface area contributed by atoms with Crippen LogP contribution in [-0.2, 0) is 0 Å². The molecule has 0 aliphatic heterocycles. The fraction of sp³-hybridized carbons (Fsp3) is 0.286. The van der Waals surface area contributed by atoms with Crippen molar-refractivity contribution in [1.82, 2.24) is 0 Å². The highest BCUT2D eigenvalue weighted by Crippen LogP contribution is 2.26. The number of ether oxygens (including phenoxy) is 2. The Morgan fingerprint density at radius 1 is 0.656 bits per heavy atom. The predicted molar refractivity (Wildman–Crippen MR) is 127 cm³/mol. The van der Waals surface area contributed by atoms with Crippen molar-refractivity contribution in [2.45, 2.75) is 47.1 Å². The number of benzene rings is 3. The van der Waals surface area contributed by atoms with E-state index in [1.54, 1.807) is 36.4 Å². The summed E-state index contributed by atoms with van der Waals surface area (Å²) in [5, 5.41) is 0. The summed E-state index contributed by atoms with van der Waals surface area (Å²) in [4.78, 5) is 25.1. The van der Waals surface area contributed by atoms with Crippen LogP contribution in [0.4, 0.5) is 0 Å². The lowest BCUT2D eigenvalue weighted by Gasteiger charge is -2.21. The van der Waals surface area contributed by atoms with Gasteiger partial charge in [0, 0.05) is 11.0 Å². The summed E-state index contributed by atoms with van der Waals surface area (Å²) in [6, 6.07) is 21.7. The molecule has 0 amide bonds. The minimum absolute atomic E-state index is 0.0975. The highest BCUT2D eigenvalue weighted by Gasteiger charge is 2.22. The molecule has 166 valence electrons. The number of esters is 1. The second-order valence-corrected chi connectivity index (χ2v) is 9.81. The monoisotopic (exact) mass is 430 g/mol. The molecule has 0 aromatic heterocycles. The molecule has 0 saturated heterocycles. The van der Waals surface area contributed by atoms with Crippen molar-refractivity contribution in [3.63, 3.8) is 0 Å². The molecule has 4 nitrogen and oxygen atoms in total. The lowest BCUT2D eigenvalue weighted by atomic mass is 9.86. The van der Waals surface area contributed by atoms with E-state index in [1.807, 2.05) is 77.9 Å². The zero-order valence-corrected chi connectivity index (χ0v) is 19.6. The van der Waals surface area contributed by atoms with Gasteiger partial charge in [-0.1, -0.05) is 57.2 Å². The van der Waals surface area contributed by atoms with Gasteiger partial charge in [-0.05, 0) is 68.3 Å². The maximum absolute atomic E-state index is 12.7. The quantitative estimate of drug-likeness (QED) is 0.249. The average molecular weight is 431 g/mol. The summed E-state index contributed by atoms with van der Waals surface area (Å²) >= 11 is 0. The van der Waals surface area contributed by atoms with Crippen LogP contribution in [0.25, 0.3) is 11.1 Å². The number of carbonyl (C=O) groups excluding carboxylic acids is 2. The lowest BCUT2D eigenvalue weighted by Crippen LogP contribution is -2.22. The van der Waals surface area contributed by atoms with Gasteiger partial charge in [-0.15, -0.1) is 0 Å². The van der Waals surface area contributed by atoms with Crippen molar-refractivity contribution in [3.05, 3.63) is 83.9 Å². The van der Waals surface area contributed by atoms with Crippen LogP contribution in [0, 0.1) is 5.41 Å². The van der Waals surface area contributed by atoms with Gasteiger partial charge in [0.1, 0.15) is 17.1 Å². The van der Waals surface area contributed by atoms with E-state index >= 15 is 0 Å². The Morgan fingerprint density at radius 2 is 1.25 bits per heavy atom. The van der Waals surface area contributed by atoms with Crippen LogP contribution >= 0.6 is 0 Å². The molecule has 0 heterocycles. The number of hydrogen-bond acceptors (Lipinski definition) is 4. The van der Waals surface area contributed by atoms with Gasteiger partial charge in [-0.25, -0.2) is 4.79 Å². The third-order valence-corrected chi connectivity index (χ3v) is 4.72. The second kappa shape index (κ2) is 8.99. The molecule has 0 spiro atoms. The van der Waals surface area contributed by atoms with E-state index in [0.717, 1.165) is 11.1 Å². The van der Waals surface area contributed by atoms with E-state index in [-0.39, 0.29) is 11.4 Å². The summed E-state index contributed by atoms with van der Waals surface area (Å²) < 4.78 is 11.3. The van der Waals surface area contributed by atoms with Crippen molar-refractivity contribution in [2.75, 3.05) is 0 Å². The molecule has 0 atom stereocenters. The van der Waals surface area contributed by atoms with Crippen LogP contribution in [0.15, 0.2) is 72.8 Å². The van der Waals surface area contributed by atoms with Crippen LogP contribution in [0.2, 0.25) is 0 Å². The van der Waals surface area contributed by atoms with E-state index < -0.39 is 11.4 Å². The van der Waals surface area contributed by atoms with E-state index in [1.165, 1.54) is 0 Å². The Balaban J connectivity index is 1.73. The maximum atomic E-state index is 12.7. The largest absolute Gasteiger partial charge is 0.488 e. The highest BCUT2D eigenvalue weighted by molar-refractivity contribution is 6.00. The van der Waals surface area contributed by atoms with E-state index in [0.29, 0.717) is 22.6 Å². The van der Waals surface area contributed by atoms with Gasteiger partial charge < -0.3 is 9.47 Å². The maximum Gasteiger partial charge on any atom is 0.343 e. The van der Waals surface area contributed by atoms with Gasteiger partial charge >= 0.3 is 5.97 Å². The normalized spacial score (nSPS) is 11.7. The van der Waals surface area contributed by atoms with Gasteiger partial charge in [0.2, 0.25) is 0 Å². The molecule has 3 aromatic rings. The minimum atomic E-state index is -0.434. The third kappa shape index (κ3) is 6.07. The second-order valence-electron chi connectivity index (χ2n) is 9.81. The molecule has 4 heteroatoms. The standard InChI is InChI=1S/C28H30O4/c1-27(2,3)25(29)20-12-10-19(11-13-20)21-8-7-9-22(18-21)26(30)31-23-14-16-24(17-15-23)32-28(4,5)6/h7-18H,1-6H3. The molecule has 0 unspecified atom stereocenters. The molecular weight excluding hydrogens is 400 g/mol. The van der Waals surface area contributed by atoms with Crippen molar-refractivity contribution in [3.8, 4) is 22.6 Å². The topological polar surface area (TPSA) is 52.6 Å². The van der Waals surface area contributed by atoms with Crippen molar-refractivity contribution in [2.24, 2.45) is 5.41 Å². The molecule has 32 heavy (non-hydrogen) atoms. The number of ketones is 1. The Hall–Kier alpha value is -3.40. The molecule has 0 aliphatic rings. The highest BCUT2D eigenvalue weighted by atomic mass is 16.5. The van der Waals surface area contributed by atoms with E-state index in [9.17, 15) is 9.59 Å². The number of carbonyl (C=O) groups is 2. The molecular formula is C28H30O4. The Labute approximate surface area is 190 Å². The first-order chi connectivity index (χ1) is 14.9. The van der Waals surface area contributed by atoms with Crippen LogP contribution in [0.3, 0.4) is 0 Å². The van der Waals surface area contributed by atoms with Crippen molar-refractivity contribution >= 4 is 11.8 Å². The molecule has 0 N–H and O–H groups in total. The summed E-state index contributed by atoms with van der Waals surface area (Å²) in [6.45, 7) is 11.6.